The molecule has 0 saturated carbocycles. The fourth-order valence-corrected chi connectivity index (χ4v) is 2.98. The van der Waals surface area contributed by atoms with Gasteiger partial charge in [-0.1, -0.05) is 59.6 Å². The molecule has 0 unspecified atom stereocenters. The average Bonchev–Trinajstić information content (AvgIpc) is 2.65. The number of para-hydroxylation sites is 1. The van der Waals surface area contributed by atoms with Gasteiger partial charge in [-0.2, -0.15) is 0 Å². The van der Waals surface area contributed by atoms with Crippen molar-refractivity contribution >= 4 is 40.5 Å². The van der Waals surface area contributed by atoms with Crippen molar-refractivity contribution in [2.75, 3.05) is 17.3 Å². The highest BCUT2D eigenvalue weighted by atomic mass is 35.5. The fraction of sp³-hybridized carbons (Fsp3) is 0.100. The van der Waals surface area contributed by atoms with E-state index in [-0.39, 0.29) is 11.6 Å². The van der Waals surface area contributed by atoms with Crippen LogP contribution in [-0.2, 0) is 6.54 Å². The lowest BCUT2D eigenvalue weighted by Crippen LogP contribution is -2.18. The standard InChI is InChI=1S/C20H17Cl2N3O/c1-25(13-14-6-3-2-4-7-14)15-10-11-18(23-12-15)20(26)24-19-16(21)8-5-9-17(19)22/h2-12H,13H2,1H3,(H,24,26). The van der Waals surface area contributed by atoms with Crippen LogP contribution in [0.4, 0.5) is 11.4 Å². The van der Waals surface area contributed by atoms with Crippen molar-refractivity contribution in [1.82, 2.24) is 4.98 Å². The Morgan fingerprint density at radius 1 is 1.00 bits per heavy atom. The Morgan fingerprint density at radius 2 is 1.69 bits per heavy atom. The number of benzene rings is 2. The first-order valence-electron chi connectivity index (χ1n) is 8.01. The molecule has 0 fully saturated rings. The fourth-order valence-electron chi connectivity index (χ4n) is 2.49. The molecule has 1 amide bonds. The third-order valence-corrected chi connectivity index (χ3v) is 4.52. The summed E-state index contributed by atoms with van der Waals surface area (Å²) in [4.78, 5) is 18.7. The summed E-state index contributed by atoms with van der Waals surface area (Å²) in [6, 6.07) is 18.7. The van der Waals surface area contributed by atoms with Crippen molar-refractivity contribution in [1.29, 1.82) is 0 Å². The second-order valence-electron chi connectivity index (χ2n) is 5.79. The van der Waals surface area contributed by atoms with Gasteiger partial charge in [-0.25, -0.2) is 4.98 Å². The molecule has 3 rings (SSSR count). The zero-order chi connectivity index (χ0) is 18.5. The summed E-state index contributed by atoms with van der Waals surface area (Å²) in [6.07, 6.45) is 1.67. The third-order valence-electron chi connectivity index (χ3n) is 3.89. The van der Waals surface area contributed by atoms with Crippen molar-refractivity contribution in [2.45, 2.75) is 6.54 Å². The van der Waals surface area contributed by atoms with E-state index in [1.54, 1.807) is 30.5 Å². The van der Waals surface area contributed by atoms with Gasteiger partial charge in [-0.15, -0.1) is 0 Å². The number of rotatable bonds is 5. The maximum absolute atomic E-state index is 12.4. The van der Waals surface area contributed by atoms with Crippen molar-refractivity contribution < 1.29 is 4.79 Å². The van der Waals surface area contributed by atoms with Gasteiger partial charge < -0.3 is 10.2 Å². The van der Waals surface area contributed by atoms with E-state index in [4.69, 9.17) is 23.2 Å². The van der Waals surface area contributed by atoms with Crippen LogP contribution >= 0.6 is 23.2 Å². The third kappa shape index (κ3) is 4.34. The summed E-state index contributed by atoms with van der Waals surface area (Å²) in [6.45, 7) is 0.753. The van der Waals surface area contributed by atoms with Gasteiger partial charge in [0.05, 0.1) is 27.6 Å². The number of nitrogens with zero attached hydrogens (tertiary/aromatic N) is 2. The molecule has 0 aliphatic carbocycles. The van der Waals surface area contributed by atoms with Gasteiger partial charge in [0.1, 0.15) is 5.69 Å². The highest BCUT2D eigenvalue weighted by Crippen LogP contribution is 2.30. The topological polar surface area (TPSA) is 45.2 Å². The van der Waals surface area contributed by atoms with Crippen LogP contribution in [0.25, 0.3) is 0 Å². The summed E-state index contributed by atoms with van der Waals surface area (Å²) in [5.74, 6) is -0.364. The second-order valence-corrected chi connectivity index (χ2v) is 6.61. The summed E-state index contributed by atoms with van der Waals surface area (Å²) in [7, 11) is 1.98. The highest BCUT2D eigenvalue weighted by Gasteiger charge is 2.13. The van der Waals surface area contributed by atoms with E-state index in [1.807, 2.05) is 31.3 Å². The molecule has 4 nitrogen and oxygen atoms in total. The van der Waals surface area contributed by atoms with Crippen LogP contribution in [0.15, 0.2) is 66.9 Å². The second kappa shape index (κ2) is 8.21. The monoisotopic (exact) mass is 385 g/mol. The Kier molecular flexibility index (Phi) is 5.76. The molecule has 0 saturated heterocycles. The Morgan fingerprint density at radius 3 is 2.31 bits per heavy atom. The minimum absolute atomic E-state index is 0.290. The number of carbonyl (C=O) groups is 1. The normalized spacial score (nSPS) is 10.4. The van der Waals surface area contributed by atoms with E-state index in [1.165, 1.54) is 5.56 Å². The minimum Gasteiger partial charge on any atom is -0.369 e. The molecule has 1 N–H and O–H groups in total. The number of pyridine rings is 1. The SMILES string of the molecule is CN(Cc1ccccc1)c1ccc(C(=O)Nc2c(Cl)cccc2Cl)nc1. The molecule has 2 aromatic carbocycles. The lowest BCUT2D eigenvalue weighted by atomic mass is 10.2. The number of carbonyl (C=O) groups excluding carboxylic acids is 1. The molecular formula is C20H17Cl2N3O. The van der Waals surface area contributed by atoms with Crippen LogP contribution in [0.2, 0.25) is 10.0 Å². The van der Waals surface area contributed by atoms with Crippen molar-refractivity contribution in [2.24, 2.45) is 0 Å². The first-order chi connectivity index (χ1) is 12.5. The van der Waals surface area contributed by atoms with Crippen molar-refractivity contribution in [3.8, 4) is 0 Å². The van der Waals surface area contributed by atoms with E-state index in [2.05, 4.69) is 27.3 Å². The lowest BCUT2D eigenvalue weighted by molar-refractivity contribution is 0.102. The maximum Gasteiger partial charge on any atom is 0.274 e. The zero-order valence-corrected chi connectivity index (χ0v) is 15.6. The largest absolute Gasteiger partial charge is 0.369 e. The molecule has 6 heteroatoms. The van der Waals surface area contributed by atoms with Crippen LogP contribution in [-0.4, -0.2) is 17.9 Å². The van der Waals surface area contributed by atoms with Crippen LogP contribution in [0.5, 0.6) is 0 Å². The Bertz CT molecular complexity index is 878. The van der Waals surface area contributed by atoms with E-state index < -0.39 is 0 Å². The molecule has 0 spiro atoms. The number of hydrogen-bond donors (Lipinski definition) is 1. The van der Waals surface area contributed by atoms with Crippen LogP contribution in [0.1, 0.15) is 16.1 Å². The van der Waals surface area contributed by atoms with Gasteiger partial charge in [0.15, 0.2) is 0 Å². The van der Waals surface area contributed by atoms with Gasteiger partial charge in [0.2, 0.25) is 0 Å². The molecule has 1 aromatic heterocycles. The first-order valence-corrected chi connectivity index (χ1v) is 8.76. The van der Waals surface area contributed by atoms with Gasteiger partial charge >= 0.3 is 0 Å². The number of anilines is 2. The highest BCUT2D eigenvalue weighted by molar-refractivity contribution is 6.40. The van der Waals surface area contributed by atoms with Gasteiger partial charge in [-0.05, 0) is 29.8 Å². The molecule has 132 valence electrons. The summed E-state index contributed by atoms with van der Waals surface area (Å²) >= 11 is 12.2. The van der Waals surface area contributed by atoms with Crippen molar-refractivity contribution in [3.05, 3.63) is 88.2 Å². The zero-order valence-electron chi connectivity index (χ0n) is 14.1. The summed E-state index contributed by atoms with van der Waals surface area (Å²) < 4.78 is 0. The van der Waals surface area contributed by atoms with Crippen LogP contribution in [0, 0.1) is 0 Å². The Balaban J connectivity index is 1.70. The quantitative estimate of drug-likeness (QED) is 0.649. The van der Waals surface area contributed by atoms with E-state index in [0.717, 1.165) is 12.2 Å². The predicted octanol–water partition coefficient (Wildman–Crippen LogP) is 5.28. The maximum atomic E-state index is 12.4. The molecule has 0 aliphatic heterocycles. The number of aromatic nitrogens is 1. The molecule has 0 radical (unpaired) electrons. The predicted molar refractivity (Wildman–Crippen MR) is 107 cm³/mol. The van der Waals surface area contributed by atoms with Gasteiger partial charge in [-0.3, -0.25) is 4.79 Å². The minimum atomic E-state index is -0.364. The summed E-state index contributed by atoms with van der Waals surface area (Å²) in [5.41, 5.74) is 2.79. The molecule has 26 heavy (non-hydrogen) atoms. The number of hydrogen-bond acceptors (Lipinski definition) is 3. The first kappa shape index (κ1) is 18.2. The Hall–Kier alpha value is -2.56. The van der Waals surface area contributed by atoms with Gasteiger partial charge in [0.25, 0.3) is 5.91 Å². The summed E-state index contributed by atoms with van der Waals surface area (Å²) in [5, 5.41) is 3.46. The van der Waals surface area contributed by atoms with Crippen molar-refractivity contribution in [3.63, 3.8) is 0 Å². The molecule has 3 aromatic rings. The lowest BCUT2D eigenvalue weighted by Gasteiger charge is -2.19. The Labute approximate surface area is 162 Å². The number of nitrogens with one attached hydrogen (secondary N) is 1. The molecular weight excluding hydrogens is 369 g/mol. The van der Waals surface area contributed by atoms with Crippen LogP contribution in [0.3, 0.4) is 0 Å². The smallest absolute Gasteiger partial charge is 0.274 e. The van der Waals surface area contributed by atoms with E-state index in [0.29, 0.717) is 15.7 Å². The molecule has 1 heterocycles. The van der Waals surface area contributed by atoms with E-state index >= 15 is 0 Å². The van der Waals surface area contributed by atoms with Gasteiger partial charge in [0, 0.05) is 13.6 Å². The molecule has 0 aliphatic rings. The molecule has 0 bridgehead atoms. The number of amides is 1. The van der Waals surface area contributed by atoms with E-state index in [9.17, 15) is 4.79 Å². The van der Waals surface area contributed by atoms with Crippen LogP contribution < -0.4 is 10.2 Å². The average molecular weight is 386 g/mol. The molecule has 0 atom stereocenters. The number of halogens is 2.